The van der Waals surface area contributed by atoms with Gasteiger partial charge in [0.2, 0.25) is 0 Å². The molecule has 1 aromatic rings. The molecule has 1 aromatic carbocycles. The van der Waals surface area contributed by atoms with E-state index >= 15 is 0 Å². The molecule has 96 valence electrons. The molecule has 0 saturated heterocycles. The fourth-order valence-corrected chi connectivity index (χ4v) is 1.56. The van der Waals surface area contributed by atoms with Gasteiger partial charge < -0.3 is 9.47 Å². The number of hydrogen-bond donors (Lipinski definition) is 0. The van der Waals surface area contributed by atoms with E-state index in [4.69, 9.17) is 16.9 Å². The van der Waals surface area contributed by atoms with E-state index in [1.54, 1.807) is 6.07 Å². The second-order valence-corrected chi connectivity index (χ2v) is 3.39. The molecule has 7 heteroatoms. The quantitative estimate of drug-likeness (QED) is 0.626. The molecule has 0 unspecified atom stereocenters. The van der Waals surface area contributed by atoms with Gasteiger partial charge in [0.1, 0.15) is 11.8 Å². The van der Waals surface area contributed by atoms with Gasteiger partial charge in [0.15, 0.2) is 0 Å². The monoisotopic (exact) mass is 275 g/mol. The molecule has 18 heavy (non-hydrogen) atoms. The number of ether oxygens (including phenoxy) is 2. The molecule has 0 bridgehead atoms. The summed E-state index contributed by atoms with van der Waals surface area (Å²) in [7, 11) is 1.12. The van der Waals surface area contributed by atoms with Gasteiger partial charge in [-0.1, -0.05) is 0 Å². The zero-order valence-corrected chi connectivity index (χ0v) is 10.0. The van der Waals surface area contributed by atoms with Crippen molar-refractivity contribution in [1.82, 2.24) is 0 Å². The number of nitrogens with zero attached hydrogens (tertiary/aromatic N) is 1. The third kappa shape index (κ3) is 3.08. The van der Waals surface area contributed by atoms with Crippen molar-refractivity contribution >= 4 is 17.6 Å². The van der Waals surface area contributed by atoms with Gasteiger partial charge in [-0.05, 0) is 17.7 Å². The highest BCUT2D eigenvalue weighted by molar-refractivity contribution is 6.17. The highest BCUT2D eigenvalue weighted by atomic mass is 35.5. The van der Waals surface area contributed by atoms with Gasteiger partial charge in [0.25, 0.3) is 0 Å². The molecule has 0 aromatic heterocycles. The van der Waals surface area contributed by atoms with E-state index in [2.05, 4.69) is 9.47 Å². The second-order valence-electron chi connectivity index (χ2n) is 3.12. The number of rotatable bonds is 4. The molecule has 0 amide bonds. The van der Waals surface area contributed by atoms with Gasteiger partial charge in [-0.3, -0.25) is 0 Å². The summed E-state index contributed by atoms with van der Waals surface area (Å²) in [5, 5.41) is 8.94. The Kier molecular flexibility index (Phi) is 4.86. The van der Waals surface area contributed by atoms with Gasteiger partial charge in [0.05, 0.1) is 18.2 Å². The standard InChI is InChI=1S/C11H8ClF2NO3/c1-17-10(16)8-3-7(18-11(13)14)2-6(4-12)9(8)5-15/h2-3,11H,4H2,1H3. The number of carbonyl (C=O) groups is 1. The van der Waals surface area contributed by atoms with Crippen LogP contribution in [0.4, 0.5) is 8.78 Å². The molecule has 0 spiro atoms. The summed E-state index contributed by atoms with van der Waals surface area (Å²) in [5.74, 6) is -1.19. The Morgan fingerprint density at radius 1 is 1.56 bits per heavy atom. The number of hydrogen-bond acceptors (Lipinski definition) is 4. The molecule has 0 fully saturated rings. The smallest absolute Gasteiger partial charge is 0.387 e. The molecule has 0 heterocycles. The minimum absolute atomic E-state index is 0.0153. The average molecular weight is 276 g/mol. The Bertz CT molecular complexity index is 500. The van der Waals surface area contributed by atoms with Crippen molar-refractivity contribution < 1.29 is 23.0 Å². The van der Waals surface area contributed by atoms with E-state index in [-0.39, 0.29) is 28.3 Å². The lowest BCUT2D eigenvalue weighted by Crippen LogP contribution is -2.09. The number of methoxy groups -OCH3 is 1. The van der Waals surface area contributed by atoms with Crippen LogP contribution in [0.2, 0.25) is 0 Å². The van der Waals surface area contributed by atoms with Gasteiger partial charge in [-0.25, -0.2) is 4.79 Å². The van der Waals surface area contributed by atoms with Crippen LogP contribution in [0.3, 0.4) is 0 Å². The summed E-state index contributed by atoms with van der Waals surface area (Å²) >= 11 is 5.59. The van der Waals surface area contributed by atoms with Crippen molar-refractivity contribution in [2.75, 3.05) is 7.11 Å². The number of alkyl halides is 3. The third-order valence-electron chi connectivity index (χ3n) is 2.08. The van der Waals surface area contributed by atoms with Crippen LogP contribution in [0.25, 0.3) is 0 Å². The first kappa shape index (κ1) is 14.2. The number of esters is 1. The predicted molar refractivity (Wildman–Crippen MR) is 58.7 cm³/mol. The third-order valence-corrected chi connectivity index (χ3v) is 2.37. The van der Waals surface area contributed by atoms with E-state index in [0.717, 1.165) is 13.2 Å². The lowest BCUT2D eigenvalue weighted by Gasteiger charge is -2.10. The van der Waals surface area contributed by atoms with Crippen LogP contribution in [-0.4, -0.2) is 19.7 Å². The molecule has 0 atom stereocenters. The summed E-state index contributed by atoms with van der Waals surface area (Å²) < 4.78 is 32.9. The summed E-state index contributed by atoms with van der Waals surface area (Å²) in [6, 6.07) is 3.99. The van der Waals surface area contributed by atoms with Gasteiger partial charge in [0, 0.05) is 5.88 Å². The van der Waals surface area contributed by atoms with Crippen molar-refractivity contribution in [2.45, 2.75) is 12.5 Å². The van der Waals surface area contributed by atoms with Crippen LogP contribution in [0.1, 0.15) is 21.5 Å². The highest BCUT2D eigenvalue weighted by Crippen LogP contribution is 2.25. The molecule has 0 radical (unpaired) electrons. The zero-order chi connectivity index (χ0) is 13.7. The number of halogens is 3. The normalized spacial score (nSPS) is 10.0. The van der Waals surface area contributed by atoms with Crippen molar-refractivity contribution in [2.24, 2.45) is 0 Å². The number of nitriles is 1. The Labute approximate surface area is 107 Å². The fraction of sp³-hybridized carbons (Fsp3) is 0.273. The summed E-state index contributed by atoms with van der Waals surface area (Å²) in [5.41, 5.74) is 0.0463. The van der Waals surface area contributed by atoms with E-state index < -0.39 is 12.6 Å². The molecule has 0 N–H and O–H groups in total. The Hall–Kier alpha value is -1.87. The first-order valence-electron chi connectivity index (χ1n) is 4.69. The molecule has 4 nitrogen and oxygen atoms in total. The van der Waals surface area contributed by atoms with E-state index in [9.17, 15) is 13.6 Å². The molecule has 1 rings (SSSR count). The molecule has 0 saturated carbocycles. The second kappa shape index (κ2) is 6.17. The van der Waals surface area contributed by atoms with Crippen LogP contribution in [0.5, 0.6) is 5.75 Å². The van der Waals surface area contributed by atoms with Crippen LogP contribution >= 0.6 is 11.6 Å². The highest BCUT2D eigenvalue weighted by Gasteiger charge is 2.18. The van der Waals surface area contributed by atoms with Gasteiger partial charge in [-0.15, -0.1) is 11.6 Å². The predicted octanol–water partition coefficient (Wildman–Crippen LogP) is 2.69. The Morgan fingerprint density at radius 2 is 2.22 bits per heavy atom. The van der Waals surface area contributed by atoms with Gasteiger partial charge in [-0.2, -0.15) is 14.0 Å². The number of benzene rings is 1. The molecular weight excluding hydrogens is 268 g/mol. The fourth-order valence-electron chi connectivity index (χ4n) is 1.35. The molecule has 0 aliphatic rings. The van der Waals surface area contributed by atoms with Gasteiger partial charge >= 0.3 is 12.6 Å². The minimum Gasteiger partial charge on any atom is -0.465 e. The van der Waals surface area contributed by atoms with Crippen LogP contribution in [-0.2, 0) is 10.6 Å². The van der Waals surface area contributed by atoms with E-state index in [1.807, 2.05) is 0 Å². The maximum Gasteiger partial charge on any atom is 0.387 e. The zero-order valence-electron chi connectivity index (χ0n) is 9.25. The molecule has 0 aliphatic heterocycles. The van der Waals surface area contributed by atoms with Crippen molar-refractivity contribution in [3.63, 3.8) is 0 Å². The van der Waals surface area contributed by atoms with Crippen LogP contribution in [0.15, 0.2) is 12.1 Å². The average Bonchev–Trinajstić information content (AvgIpc) is 2.35. The lowest BCUT2D eigenvalue weighted by atomic mass is 10.0. The Morgan fingerprint density at radius 3 is 2.67 bits per heavy atom. The van der Waals surface area contributed by atoms with Crippen molar-refractivity contribution in [3.8, 4) is 11.8 Å². The van der Waals surface area contributed by atoms with Crippen molar-refractivity contribution in [1.29, 1.82) is 5.26 Å². The summed E-state index contributed by atoms with van der Waals surface area (Å²) in [6.07, 6.45) is 0. The molecule has 0 aliphatic carbocycles. The van der Waals surface area contributed by atoms with E-state index in [1.165, 1.54) is 6.07 Å². The van der Waals surface area contributed by atoms with E-state index in [0.29, 0.717) is 0 Å². The minimum atomic E-state index is -3.04. The molecular formula is C11H8ClF2NO3. The maximum absolute atomic E-state index is 12.1. The maximum atomic E-state index is 12.1. The van der Waals surface area contributed by atoms with Crippen LogP contribution < -0.4 is 4.74 Å². The first-order valence-corrected chi connectivity index (χ1v) is 5.23. The summed E-state index contributed by atoms with van der Waals surface area (Å²) in [4.78, 5) is 11.4. The Balaban J connectivity index is 3.37. The largest absolute Gasteiger partial charge is 0.465 e. The first-order chi connectivity index (χ1) is 8.53. The topological polar surface area (TPSA) is 59.3 Å². The lowest BCUT2D eigenvalue weighted by molar-refractivity contribution is -0.0499. The number of carbonyl (C=O) groups excluding carboxylic acids is 1. The SMILES string of the molecule is COC(=O)c1cc(OC(F)F)cc(CCl)c1C#N. The van der Waals surface area contributed by atoms with Crippen LogP contribution in [0, 0.1) is 11.3 Å². The van der Waals surface area contributed by atoms with Crippen molar-refractivity contribution in [3.05, 3.63) is 28.8 Å². The summed E-state index contributed by atoms with van der Waals surface area (Å²) in [6.45, 7) is -3.04.